The Morgan fingerprint density at radius 1 is 1.00 bits per heavy atom. The molecule has 1 fully saturated rings. The molecule has 5 nitrogen and oxygen atoms in total. The minimum absolute atomic E-state index is 0. The van der Waals surface area contributed by atoms with Crippen LogP contribution in [0.2, 0.25) is 10.0 Å². The number of rotatable bonds is 3. The molecule has 4 aromatic rings. The van der Waals surface area contributed by atoms with Crippen LogP contribution in [0.25, 0.3) is 33.3 Å². The van der Waals surface area contributed by atoms with E-state index in [1.165, 1.54) is 0 Å². The van der Waals surface area contributed by atoms with Gasteiger partial charge in [0.1, 0.15) is 5.65 Å². The number of hydrogen-bond donors (Lipinski definition) is 1. The average Bonchev–Trinajstić information content (AvgIpc) is 3.22. The van der Waals surface area contributed by atoms with Gasteiger partial charge in [-0.25, -0.2) is 4.98 Å². The Labute approximate surface area is 191 Å². The fourth-order valence-electron chi connectivity index (χ4n) is 3.89. The van der Waals surface area contributed by atoms with E-state index >= 15 is 0 Å². The SMILES string of the molecule is O=C(c1cccc(-c2c[nH]c3ncc(-c4cc(Cl)cc(Cl)c4)cc23)c1)N1CCOCC1.[HH]. The smallest absolute Gasteiger partial charge is 0.254 e. The lowest BCUT2D eigenvalue weighted by molar-refractivity contribution is 0.0303. The van der Waals surface area contributed by atoms with Crippen LogP contribution in [0, 0.1) is 0 Å². The fourth-order valence-corrected chi connectivity index (χ4v) is 4.42. The predicted octanol–water partition coefficient (Wildman–Crippen LogP) is 5.92. The molecule has 0 aliphatic carbocycles. The third-order valence-electron chi connectivity index (χ3n) is 5.45. The van der Waals surface area contributed by atoms with E-state index in [-0.39, 0.29) is 7.33 Å². The van der Waals surface area contributed by atoms with Crippen LogP contribution in [-0.2, 0) is 4.74 Å². The number of aromatic amines is 1. The number of pyridine rings is 1. The van der Waals surface area contributed by atoms with Gasteiger partial charge in [0.25, 0.3) is 5.91 Å². The number of benzene rings is 2. The van der Waals surface area contributed by atoms with Crippen molar-refractivity contribution >= 4 is 40.1 Å². The van der Waals surface area contributed by atoms with Gasteiger partial charge in [0, 0.05) is 59.0 Å². The van der Waals surface area contributed by atoms with E-state index in [4.69, 9.17) is 27.9 Å². The minimum atomic E-state index is 0. The summed E-state index contributed by atoms with van der Waals surface area (Å²) < 4.78 is 5.36. The van der Waals surface area contributed by atoms with Gasteiger partial charge in [-0.05, 0) is 47.5 Å². The maximum absolute atomic E-state index is 12.9. The van der Waals surface area contributed by atoms with E-state index in [1.807, 2.05) is 47.5 Å². The quantitative estimate of drug-likeness (QED) is 0.418. The van der Waals surface area contributed by atoms with Crippen LogP contribution in [0.15, 0.2) is 60.9 Å². The van der Waals surface area contributed by atoms with Gasteiger partial charge in [0.15, 0.2) is 0 Å². The lowest BCUT2D eigenvalue weighted by atomic mass is 10.0. The number of H-pyrrole nitrogens is 1. The van der Waals surface area contributed by atoms with Crippen LogP contribution < -0.4 is 0 Å². The van der Waals surface area contributed by atoms with Gasteiger partial charge in [-0.3, -0.25) is 4.79 Å². The molecule has 0 spiro atoms. The molecule has 0 atom stereocenters. The number of fused-ring (bicyclic) bond motifs is 1. The Morgan fingerprint density at radius 3 is 2.55 bits per heavy atom. The largest absolute Gasteiger partial charge is 0.378 e. The molecule has 0 radical (unpaired) electrons. The van der Waals surface area contributed by atoms with Gasteiger partial charge in [-0.15, -0.1) is 0 Å². The van der Waals surface area contributed by atoms with Crippen LogP contribution in [-0.4, -0.2) is 47.1 Å². The van der Waals surface area contributed by atoms with E-state index < -0.39 is 0 Å². The lowest BCUT2D eigenvalue weighted by Gasteiger charge is -2.27. The third-order valence-corrected chi connectivity index (χ3v) is 5.88. The molecule has 2 aromatic heterocycles. The summed E-state index contributed by atoms with van der Waals surface area (Å²) in [5.74, 6) is 0.0253. The fraction of sp³-hybridized carbons (Fsp3) is 0.167. The second-order valence-corrected chi connectivity index (χ2v) is 8.34. The first-order chi connectivity index (χ1) is 15.1. The number of morpholine rings is 1. The second kappa shape index (κ2) is 8.35. The molecular weight excluding hydrogens is 433 g/mol. The normalized spacial score (nSPS) is 14.2. The number of carbonyl (C=O) groups excluding carboxylic acids is 1. The molecule has 7 heteroatoms. The van der Waals surface area contributed by atoms with Gasteiger partial charge in [-0.2, -0.15) is 0 Å². The van der Waals surface area contributed by atoms with Crippen molar-refractivity contribution in [3.63, 3.8) is 0 Å². The van der Waals surface area contributed by atoms with Gasteiger partial charge in [-0.1, -0.05) is 35.3 Å². The highest BCUT2D eigenvalue weighted by molar-refractivity contribution is 6.35. The van der Waals surface area contributed by atoms with Gasteiger partial charge >= 0.3 is 0 Å². The highest BCUT2D eigenvalue weighted by Gasteiger charge is 2.19. The van der Waals surface area contributed by atoms with Crippen LogP contribution >= 0.6 is 23.2 Å². The Bertz CT molecular complexity index is 1270. The molecule has 0 unspecified atom stereocenters. The average molecular weight is 454 g/mol. The number of halogens is 2. The van der Waals surface area contributed by atoms with E-state index in [2.05, 4.69) is 16.0 Å². The maximum atomic E-state index is 12.9. The van der Waals surface area contributed by atoms with Gasteiger partial charge in [0.05, 0.1) is 13.2 Å². The lowest BCUT2D eigenvalue weighted by Crippen LogP contribution is -2.40. The summed E-state index contributed by atoms with van der Waals surface area (Å²) in [6, 6.07) is 15.2. The van der Waals surface area contributed by atoms with E-state index in [0.717, 1.165) is 33.3 Å². The van der Waals surface area contributed by atoms with Gasteiger partial charge in [0.2, 0.25) is 0 Å². The number of amides is 1. The number of nitrogens with one attached hydrogen (secondary N) is 1. The van der Waals surface area contributed by atoms with Crippen molar-refractivity contribution < 1.29 is 11.0 Å². The summed E-state index contributed by atoms with van der Waals surface area (Å²) in [7, 11) is 0. The Hall–Kier alpha value is -2.86. The Morgan fingerprint density at radius 2 is 1.77 bits per heavy atom. The third kappa shape index (κ3) is 4.04. The minimum Gasteiger partial charge on any atom is -0.378 e. The first-order valence-corrected chi connectivity index (χ1v) is 10.8. The first kappa shape index (κ1) is 20.1. The summed E-state index contributed by atoms with van der Waals surface area (Å²) in [4.78, 5) is 22.5. The molecule has 1 aliphatic heterocycles. The van der Waals surface area contributed by atoms with Crippen molar-refractivity contribution in [3.8, 4) is 22.3 Å². The molecule has 5 rings (SSSR count). The molecule has 1 saturated heterocycles. The zero-order valence-electron chi connectivity index (χ0n) is 16.6. The molecule has 158 valence electrons. The topological polar surface area (TPSA) is 58.2 Å². The molecule has 2 aromatic carbocycles. The summed E-state index contributed by atoms with van der Waals surface area (Å²) in [5, 5.41) is 2.11. The van der Waals surface area contributed by atoms with Crippen molar-refractivity contribution in [2.75, 3.05) is 26.3 Å². The number of carbonyl (C=O) groups is 1. The summed E-state index contributed by atoms with van der Waals surface area (Å²) in [6.07, 6.45) is 3.72. The van der Waals surface area contributed by atoms with E-state index in [1.54, 1.807) is 12.3 Å². The predicted molar refractivity (Wildman–Crippen MR) is 126 cm³/mol. The molecule has 31 heavy (non-hydrogen) atoms. The van der Waals surface area contributed by atoms with E-state index in [0.29, 0.717) is 41.9 Å². The number of ether oxygens (including phenoxy) is 1. The Balaban J connectivity index is 0.00000245. The zero-order chi connectivity index (χ0) is 21.4. The summed E-state index contributed by atoms with van der Waals surface area (Å²) >= 11 is 12.4. The molecule has 3 heterocycles. The van der Waals surface area contributed by atoms with Crippen molar-refractivity contribution in [1.82, 2.24) is 14.9 Å². The zero-order valence-corrected chi connectivity index (χ0v) is 18.1. The molecule has 0 bridgehead atoms. The molecule has 1 amide bonds. The standard InChI is InChI=1S/C24H19Cl2N3O2.H2/c25-19-9-17(10-20(26)12-19)18-11-21-22(14-28-23(21)27-13-18)15-2-1-3-16(8-15)24(30)29-4-6-31-7-5-29;/h1-3,8-14H,4-7H2,(H,27,28);1H. The van der Waals surface area contributed by atoms with E-state index in [9.17, 15) is 4.79 Å². The number of hydrogen-bond acceptors (Lipinski definition) is 3. The monoisotopic (exact) mass is 453 g/mol. The van der Waals surface area contributed by atoms with Crippen molar-refractivity contribution in [3.05, 3.63) is 76.5 Å². The van der Waals surface area contributed by atoms with Crippen LogP contribution in [0.4, 0.5) is 0 Å². The summed E-state index contributed by atoms with van der Waals surface area (Å²) in [6.45, 7) is 2.39. The van der Waals surface area contributed by atoms with Crippen molar-refractivity contribution in [2.45, 2.75) is 0 Å². The highest BCUT2D eigenvalue weighted by atomic mass is 35.5. The number of nitrogens with zero attached hydrogens (tertiary/aromatic N) is 2. The van der Waals surface area contributed by atoms with Crippen LogP contribution in [0.1, 0.15) is 11.8 Å². The number of aromatic nitrogens is 2. The molecule has 1 N–H and O–H groups in total. The van der Waals surface area contributed by atoms with Crippen LogP contribution in [0.3, 0.4) is 0 Å². The Kier molecular flexibility index (Phi) is 5.40. The van der Waals surface area contributed by atoms with Gasteiger partial charge < -0.3 is 14.6 Å². The van der Waals surface area contributed by atoms with Crippen molar-refractivity contribution in [1.29, 1.82) is 0 Å². The molecule has 0 saturated carbocycles. The highest BCUT2D eigenvalue weighted by Crippen LogP contribution is 2.33. The van der Waals surface area contributed by atoms with Crippen molar-refractivity contribution in [2.24, 2.45) is 0 Å². The molecule has 1 aliphatic rings. The first-order valence-electron chi connectivity index (χ1n) is 9.99. The summed E-state index contributed by atoms with van der Waals surface area (Å²) in [5.41, 5.74) is 5.19. The van der Waals surface area contributed by atoms with Crippen LogP contribution in [0.5, 0.6) is 0 Å². The maximum Gasteiger partial charge on any atom is 0.254 e. The second-order valence-electron chi connectivity index (χ2n) is 7.47. The molecular formula is C24H21Cl2N3O2.